The van der Waals surface area contributed by atoms with Crippen LogP contribution < -0.4 is 5.73 Å². The van der Waals surface area contributed by atoms with Gasteiger partial charge < -0.3 is 15.7 Å². The molecule has 126 valence electrons. The fraction of sp³-hybridized carbons (Fsp3) is 0.0476. The highest BCUT2D eigenvalue weighted by molar-refractivity contribution is 5.88. The number of nitrogens with two attached hydrogens (primary N) is 1. The molecule has 4 heterocycles. The molecule has 5 rings (SSSR count). The van der Waals surface area contributed by atoms with Crippen LogP contribution in [0.25, 0.3) is 21.8 Å². The molecule has 0 bridgehead atoms. The third-order valence-corrected chi connectivity index (χ3v) is 4.90. The summed E-state index contributed by atoms with van der Waals surface area (Å²) in [6.07, 6.45) is 11.5. The van der Waals surface area contributed by atoms with Gasteiger partial charge in [0.05, 0.1) is 23.4 Å². The predicted octanol–water partition coefficient (Wildman–Crippen LogP) is 4.20. The second kappa shape index (κ2) is 5.74. The number of anilines is 1. The molecule has 0 aliphatic rings. The molecule has 5 nitrogen and oxygen atoms in total. The first-order valence-electron chi connectivity index (χ1n) is 8.48. The average Bonchev–Trinajstić information content (AvgIpc) is 3.28. The molecule has 0 saturated heterocycles. The number of rotatable bonds is 3. The first-order valence-corrected chi connectivity index (χ1v) is 8.48. The van der Waals surface area contributed by atoms with Crippen LogP contribution in [0.2, 0.25) is 0 Å². The number of hydrogen-bond donors (Lipinski definition) is 3. The Balaban J connectivity index is 1.81. The Kier molecular flexibility index (Phi) is 3.25. The lowest BCUT2D eigenvalue weighted by Gasteiger charge is -2.17. The van der Waals surface area contributed by atoms with Gasteiger partial charge in [-0.3, -0.25) is 9.97 Å². The maximum Gasteiger partial charge on any atom is 0.0643 e. The molecule has 5 heteroatoms. The van der Waals surface area contributed by atoms with Crippen LogP contribution in [-0.4, -0.2) is 19.9 Å². The summed E-state index contributed by atoms with van der Waals surface area (Å²) in [5.41, 5.74) is 12.5. The molecule has 26 heavy (non-hydrogen) atoms. The first-order chi connectivity index (χ1) is 12.8. The zero-order valence-corrected chi connectivity index (χ0v) is 14.0. The number of H-pyrrole nitrogens is 2. The summed E-state index contributed by atoms with van der Waals surface area (Å²) >= 11 is 0. The van der Waals surface area contributed by atoms with Crippen LogP contribution in [0.1, 0.15) is 22.6 Å². The number of nitrogens with zero attached hydrogens (tertiary/aromatic N) is 2. The number of nitrogen functional groups attached to an aromatic ring is 1. The Morgan fingerprint density at radius 2 is 1.42 bits per heavy atom. The summed E-state index contributed by atoms with van der Waals surface area (Å²) in [5, 5.41) is 2.33. The minimum Gasteiger partial charge on any atom is -0.399 e. The van der Waals surface area contributed by atoms with Crippen LogP contribution in [0, 0.1) is 0 Å². The van der Waals surface area contributed by atoms with Gasteiger partial charge in [0.15, 0.2) is 0 Å². The maximum absolute atomic E-state index is 6.09. The van der Waals surface area contributed by atoms with E-state index >= 15 is 0 Å². The van der Waals surface area contributed by atoms with E-state index in [1.54, 1.807) is 0 Å². The smallest absolute Gasteiger partial charge is 0.0643 e. The molecule has 0 radical (unpaired) electrons. The van der Waals surface area contributed by atoms with Crippen molar-refractivity contribution in [2.75, 3.05) is 5.73 Å². The van der Waals surface area contributed by atoms with Crippen LogP contribution in [-0.2, 0) is 0 Å². The third kappa shape index (κ3) is 2.25. The van der Waals surface area contributed by atoms with E-state index in [2.05, 4.69) is 50.5 Å². The Hall–Kier alpha value is -3.60. The topological polar surface area (TPSA) is 83.4 Å². The number of fused-ring (bicyclic) bond motifs is 2. The highest BCUT2D eigenvalue weighted by atomic mass is 14.7. The van der Waals surface area contributed by atoms with Crippen molar-refractivity contribution in [3.8, 4) is 0 Å². The lowest BCUT2D eigenvalue weighted by molar-refractivity contribution is 0.999. The minimum absolute atomic E-state index is 0.0470. The van der Waals surface area contributed by atoms with E-state index < -0.39 is 0 Å². The van der Waals surface area contributed by atoms with Gasteiger partial charge in [0.2, 0.25) is 0 Å². The zero-order chi connectivity index (χ0) is 17.5. The number of aromatic nitrogens is 4. The van der Waals surface area contributed by atoms with Crippen LogP contribution in [0.15, 0.2) is 73.6 Å². The van der Waals surface area contributed by atoms with Crippen molar-refractivity contribution in [3.05, 3.63) is 90.3 Å². The number of nitrogens with one attached hydrogen (secondary N) is 2. The number of hydrogen-bond acceptors (Lipinski definition) is 3. The molecular weight excluding hydrogens is 322 g/mol. The normalized spacial score (nSPS) is 11.6. The van der Waals surface area contributed by atoms with E-state index in [0.29, 0.717) is 0 Å². The molecule has 0 saturated carbocycles. The molecule has 4 aromatic heterocycles. The van der Waals surface area contributed by atoms with E-state index in [-0.39, 0.29) is 5.92 Å². The Morgan fingerprint density at radius 1 is 0.808 bits per heavy atom. The van der Waals surface area contributed by atoms with E-state index in [9.17, 15) is 0 Å². The van der Waals surface area contributed by atoms with Crippen molar-refractivity contribution >= 4 is 27.5 Å². The molecule has 0 unspecified atom stereocenters. The number of pyridine rings is 2. The number of aromatic amines is 2. The molecule has 0 aliphatic carbocycles. The van der Waals surface area contributed by atoms with Crippen molar-refractivity contribution < 1.29 is 0 Å². The molecular formula is C21H17N5. The van der Waals surface area contributed by atoms with Crippen molar-refractivity contribution in [1.29, 1.82) is 0 Å². The van der Waals surface area contributed by atoms with Crippen molar-refractivity contribution in [2.24, 2.45) is 0 Å². The highest BCUT2D eigenvalue weighted by Crippen LogP contribution is 2.39. The lowest BCUT2D eigenvalue weighted by atomic mass is 9.85. The van der Waals surface area contributed by atoms with Crippen molar-refractivity contribution in [3.63, 3.8) is 0 Å². The van der Waals surface area contributed by atoms with Crippen LogP contribution in [0.3, 0.4) is 0 Å². The van der Waals surface area contributed by atoms with E-state index in [1.807, 2.05) is 43.0 Å². The summed E-state index contributed by atoms with van der Waals surface area (Å²) in [7, 11) is 0. The Bertz CT molecular complexity index is 1140. The minimum atomic E-state index is 0.0470. The summed E-state index contributed by atoms with van der Waals surface area (Å²) < 4.78 is 0. The lowest BCUT2D eigenvalue weighted by Crippen LogP contribution is -2.03. The van der Waals surface area contributed by atoms with Crippen LogP contribution >= 0.6 is 0 Å². The monoisotopic (exact) mass is 339 g/mol. The quantitative estimate of drug-likeness (QED) is 0.431. The second-order valence-electron chi connectivity index (χ2n) is 6.43. The predicted molar refractivity (Wildman–Crippen MR) is 104 cm³/mol. The first kappa shape index (κ1) is 14.7. The van der Waals surface area contributed by atoms with Crippen LogP contribution in [0.5, 0.6) is 0 Å². The summed E-state index contributed by atoms with van der Waals surface area (Å²) in [5.74, 6) is 0.0470. The second-order valence-corrected chi connectivity index (χ2v) is 6.43. The molecule has 4 N–H and O–H groups in total. The van der Waals surface area contributed by atoms with Crippen molar-refractivity contribution in [1.82, 2.24) is 19.9 Å². The molecule has 1 aromatic carbocycles. The van der Waals surface area contributed by atoms with E-state index in [1.165, 1.54) is 11.1 Å². The van der Waals surface area contributed by atoms with Crippen molar-refractivity contribution in [2.45, 2.75) is 5.92 Å². The van der Waals surface area contributed by atoms with Gasteiger partial charge in [-0.25, -0.2) is 0 Å². The third-order valence-electron chi connectivity index (χ3n) is 4.90. The molecule has 0 fully saturated rings. The summed E-state index contributed by atoms with van der Waals surface area (Å²) in [6, 6.07) is 12.2. The molecule has 0 atom stereocenters. The Morgan fingerprint density at radius 3 is 2.00 bits per heavy atom. The highest BCUT2D eigenvalue weighted by Gasteiger charge is 2.23. The molecule has 5 aromatic rings. The van der Waals surface area contributed by atoms with Gasteiger partial charge in [0, 0.05) is 47.2 Å². The molecule has 0 aliphatic heterocycles. The SMILES string of the molecule is Nc1cccc(C(c2c[nH]c3cnccc23)c2c[nH]c3cnccc23)c1. The van der Waals surface area contributed by atoms with Gasteiger partial charge in [-0.1, -0.05) is 12.1 Å². The zero-order valence-electron chi connectivity index (χ0n) is 14.0. The van der Waals surface area contributed by atoms with E-state index in [0.717, 1.165) is 33.1 Å². The fourth-order valence-electron chi connectivity index (χ4n) is 3.73. The number of benzene rings is 1. The van der Waals surface area contributed by atoms with Crippen LogP contribution in [0.4, 0.5) is 5.69 Å². The van der Waals surface area contributed by atoms with Gasteiger partial charge in [-0.05, 0) is 41.0 Å². The fourth-order valence-corrected chi connectivity index (χ4v) is 3.73. The van der Waals surface area contributed by atoms with Gasteiger partial charge in [-0.2, -0.15) is 0 Å². The standard InChI is InChI=1S/C21H17N5/c22-14-3-1-2-13(8-14)21(17-9-25-19-11-23-6-4-15(17)19)18-10-26-20-12-24-7-5-16(18)20/h1-12,21,25-26H,22H2. The summed E-state index contributed by atoms with van der Waals surface area (Å²) in [6.45, 7) is 0. The van der Waals surface area contributed by atoms with Gasteiger partial charge in [0.25, 0.3) is 0 Å². The van der Waals surface area contributed by atoms with Gasteiger partial charge in [0.1, 0.15) is 0 Å². The average molecular weight is 339 g/mol. The van der Waals surface area contributed by atoms with Gasteiger partial charge >= 0.3 is 0 Å². The largest absolute Gasteiger partial charge is 0.399 e. The molecule has 0 amide bonds. The van der Waals surface area contributed by atoms with Gasteiger partial charge in [-0.15, -0.1) is 0 Å². The van der Waals surface area contributed by atoms with E-state index in [4.69, 9.17) is 5.73 Å². The maximum atomic E-state index is 6.09. The Labute approximate surface area is 149 Å². The molecule has 0 spiro atoms. The summed E-state index contributed by atoms with van der Waals surface area (Å²) in [4.78, 5) is 15.1.